The highest BCUT2D eigenvalue weighted by molar-refractivity contribution is 6.03. The number of nitrogens with one attached hydrogen (secondary N) is 1. The Morgan fingerprint density at radius 3 is 2.64 bits per heavy atom. The van der Waals surface area contributed by atoms with Crippen molar-refractivity contribution in [1.82, 2.24) is 19.7 Å². The van der Waals surface area contributed by atoms with Gasteiger partial charge in [-0.15, -0.1) is 0 Å². The van der Waals surface area contributed by atoms with Crippen molar-refractivity contribution in [1.29, 1.82) is 0 Å². The van der Waals surface area contributed by atoms with Gasteiger partial charge in [0.2, 0.25) is 0 Å². The Labute approximate surface area is 200 Å². The zero-order valence-electron chi connectivity index (χ0n) is 18.8. The number of halogens is 6. The van der Waals surface area contributed by atoms with Crippen LogP contribution < -0.4 is 10.2 Å². The molecule has 4 heterocycles. The maximum Gasteiger partial charge on any atom is 0.435 e. The zero-order chi connectivity index (χ0) is 26.1. The van der Waals surface area contributed by atoms with Crippen LogP contribution in [0.15, 0.2) is 42.9 Å². The van der Waals surface area contributed by atoms with Crippen LogP contribution in [-0.4, -0.2) is 58.1 Å². The Kier molecular flexibility index (Phi) is 6.89. The van der Waals surface area contributed by atoms with Crippen molar-refractivity contribution in [2.24, 2.45) is 0 Å². The zero-order valence-corrected chi connectivity index (χ0v) is 18.8. The molecular formula is C22H20F6N6O2. The lowest BCUT2D eigenvalue weighted by molar-refractivity contribution is -0.142. The van der Waals surface area contributed by atoms with E-state index >= 15 is 0 Å². The lowest BCUT2D eigenvalue weighted by atomic mass is 10.2. The molecule has 1 saturated heterocycles. The molecule has 0 bridgehead atoms. The molecule has 3 aromatic rings. The Bertz CT molecular complexity index is 1240. The first-order valence-electron chi connectivity index (χ1n) is 10.7. The van der Waals surface area contributed by atoms with E-state index in [9.17, 15) is 31.1 Å². The predicted molar refractivity (Wildman–Crippen MR) is 116 cm³/mol. The first-order chi connectivity index (χ1) is 16.9. The van der Waals surface area contributed by atoms with Crippen LogP contribution in [0.4, 0.5) is 37.7 Å². The molecule has 4 rings (SSSR count). The van der Waals surface area contributed by atoms with Gasteiger partial charge in [-0.2, -0.15) is 31.4 Å². The van der Waals surface area contributed by atoms with Crippen LogP contribution in [0, 0.1) is 0 Å². The fourth-order valence-corrected chi connectivity index (χ4v) is 3.78. The average molecular weight is 514 g/mol. The lowest BCUT2D eigenvalue weighted by Gasteiger charge is -2.21. The van der Waals surface area contributed by atoms with Crippen LogP contribution in [0.5, 0.6) is 0 Å². The average Bonchev–Trinajstić information content (AvgIpc) is 3.47. The summed E-state index contributed by atoms with van der Waals surface area (Å²) in [5.41, 5.74) is -1.34. The summed E-state index contributed by atoms with van der Waals surface area (Å²) in [6.07, 6.45) is -5.34. The molecule has 14 heteroatoms. The van der Waals surface area contributed by atoms with Gasteiger partial charge in [0.25, 0.3) is 5.91 Å². The van der Waals surface area contributed by atoms with Crippen LogP contribution >= 0.6 is 0 Å². The van der Waals surface area contributed by atoms with Gasteiger partial charge in [-0.1, -0.05) is 6.07 Å². The van der Waals surface area contributed by atoms with Crippen molar-refractivity contribution < 1.29 is 35.9 Å². The van der Waals surface area contributed by atoms with Crippen molar-refractivity contribution in [3.8, 4) is 11.3 Å². The highest BCUT2D eigenvalue weighted by Gasteiger charge is 2.37. The highest BCUT2D eigenvalue weighted by Crippen LogP contribution is 2.36. The number of methoxy groups -OCH3 is 1. The smallest absolute Gasteiger partial charge is 0.380 e. The molecule has 1 atom stereocenters. The van der Waals surface area contributed by atoms with Gasteiger partial charge in [0.15, 0.2) is 5.69 Å². The quantitative estimate of drug-likeness (QED) is 0.491. The topological polar surface area (TPSA) is 85.2 Å². The number of nitrogens with zero attached hydrogens (tertiary/aromatic N) is 5. The van der Waals surface area contributed by atoms with Crippen LogP contribution in [0.2, 0.25) is 0 Å². The molecule has 8 nitrogen and oxygen atoms in total. The Morgan fingerprint density at radius 2 is 1.97 bits per heavy atom. The van der Waals surface area contributed by atoms with Gasteiger partial charge in [-0.25, -0.2) is 9.97 Å². The van der Waals surface area contributed by atoms with Crippen molar-refractivity contribution in [3.63, 3.8) is 0 Å². The monoisotopic (exact) mass is 514 g/mol. The lowest BCUT2D eigenvalue weighted by Crippen LogP contribution is -2.24. The Morgan fingerprint density at radius 1 is 1.19 bits per heavy atom. The number of pyridine rings is 2. The van der Waals surface area contributed by atoms with Crippen LogP contribution in [-0.2, 0) is 17.5 Å². The van der Waals surface area contributed by atoms with E-state index < -0.39 is 36.2 Å². The van der Waals surface area contributed by atoms with Gasteiger partial charge in [0.1, 0.15) is 12.2 Å². The first-order valence-corrected chi connectivity index (χ1v) is 10.7. The van der Waals surface area contributed by atoms with Crippen molar-refractivity contribution in [3.05, 3.63) is 54.2 Å². The molecule has 1 unspecified atom stereocenters. The number of aromatic nitrogens is 4. The van der Waals surface area contributed by atoms with Crippen LogP contribution in [0.25, 0.3) is 11.3 Å². The number of amides is 1. The maximum atomic E-state index is 13.6. The summed E-state index contributed by atoms with van der Waals surface area (Å²) in [6.45, 7) is -0.300. The maximum absolute atomic E-state index is 13.6. The third kappa shape index (κ3) is 5.93. The second-order valence-corrected chi connectivity index (χ2v) is 8.08. The number of ether oxygens (including phenoxy) is 1. The van der Waals surface area contributed by atoms with E-state index in [4.69, 9.17) is 4.74 Å². The second kappa shape index (κ2) is 9.76. The Hall–Kier alpha value is -3.68. The molecule has 0 saturated carbocycles. The van der Waals surface area contributed by atoms with Gasteiger partial charge in [-0.3, -0.25) is 9.48 Å². The second-order valence-electron chi connectivity index (χ2n) is 8.08. The van der Waals surface area contributed by atoms with E-state index in [2.05, 4.69) is 20.4 Å². The van der Waals surface area contributed by atoms with Gasteiger partial charge < -0.3 is 15.0 Å². The normalized spacial score (nSPS) is 16.4. The minimum atomic E-state index is -4.83. The molecular weight excluding hydrogens is 494 g/mol. The van der Waals surface area contributed by atoms with E-state index in [1.54, 1.807) is 12.0 Å². The first kappa shape index (κ1) is 25.4. The molecule has 1 aliphatic heterocycles. The largest absolute Gasteiger partial charge is 0.435 e. The summed E-state index contributed by atoms with van der Waals surface area (Å²) >= 11 is 0. The summed E-state index contributed by atoms with van der Waals surface area (Å²) in [5.74, 6) is -0.944. The molecule has 36 heavy (non-hydrogen) atoms. The van der Waals surface area contributed by atoms with Gasteiger partial charge in [-0.05, 0) is 24.6 Å². The van der Waals surface area contributed by atoms with Crippen molar-refractivity contribution in [2.75, 3.05) is 30.4 Å². The molecule has 1 fully saturated rings. The fraction of sp³-hybridized carbons (Fsp3) is 0.364. The molecule has 0 radical (unpaired) electrons. The van der Waals surface area contributed by atoms with Crippen molar-refractivity contribution >= 4 is 17.3 Å². The summed E-state index contributed by atoms with van der Waals surface area (Å²) in [7, 11) is 1.55. The molecule has 1 N–H and O–H groups in total. The molecule has 0 aliphatic carbocycles. The molecule has 3 aromatic heterocycles. The minimum Gasteiger partial charge on any atom is -0.380 e. The Balaban J connectivity index is 1.58. The molecule has 1 aliphatic rings. The van der Waals surface area contributed by atoms with Gasteiger partial charge >= 0.3 is 12.4 Å². The van der Waals surface area contributed by atoms with E-state index in [0.29, 0.717) is 29.9 Å². The molecule has 0 spiro atoms. The summed E-state index contributed by atoms with van der Waals surface area (Å²) in [4.78, 5) is 22.3. The molecule has 1 amide bonds. The number of rotatable bonds is 6. The van der Waals surface area contributed by atoms with Crippen LogP contribution in [0.1, 0.15) is 22.6 Å². The van der Waals surface area contributed by atoms with E-state index in [-0.39, 0.29) is 23.1 Å². The van der Waals surface area contributed by atoms with E-state index in [0.717, 1.165) is 18.6 Å². The number of carbonyl (C=O) groups is 1. The number of hydrogen-bond acceptors (Lipinski definition) is 6. The third-order valence-corrected chi connectivity index (χ3v) is 5.49. The summed E-state index contributed by atoms with van der Waals surface area (Å²) in [6, 6.07) is 5.31. The van der Waals surface area contributed by atoms with E-state index in [1.165, 1.54) is 24.3 Å². The van der Waals surface area contributed by atoms with Gasteiger partial charge in [0.05, 0.1) is 35.6 Å². The predicted octanol–water partition coefficient (Wildman–Crippen LogP) is 4.40. The molecule has 192 valence electrons. The standard InChI is InChI=1S/C22H20F6N6O2/c1-36-15-5-6-33(11-15)14-7-18(19(29-9-14)22(26,27)28)32-20(35)17-4-2-3-16(31-17)13-8-30-34(10-13)12-21(23,24)25/h2-4,7-10,15H,5-6,11-12H2,1H3,(H,32,35). The van der Waals surface area contributed by atoms with Crippen molar-refractivity contribution in [2.45, 2.75) is 31.4 Å². The number of hydrogen-bond donors (Lipinski definition) is 1. The number of carbonyl (C=O) groups excluding carboxylic acids is 1. The van der Waals surface area contributed by atoms with E-state index in [1.807, 2.05) is 0 Å². The summed E-state index contributed by atoms with van der Waals surface area (Å²) in [5, 5.41) is 5.85. The fourth-order valence-electron chi connectivity index (χ4n) is 3.78. The summed E-state index contributed by atoms with van der Waals surface area (Å²) < 4.78 is 84.5. The molecule has 0 aromatic carbocycles. The van der Waals surface area contributed by atoms with Gasteiger partial charge in [0, 0.05) is 32.0 Å². The highest BCUT2D eigenvalue weighted by atomic mass is 19.4. The number of alkyl halides is 6. The minimum absolute atomic E-state index is 0.0715. The van der Waals surface area contributed by atoms with Crippen LogP contribution in [0.3, 0.4) is 0 Å². The third-order valence-electron chi connectivity index (χ3n) is 5.49. The SMILES string of the molecule is COC1CCN(c2cnc(C(F)(F)F)c(NC(=O)c3cccc(-c4cnn(CC(F)(F)F)c4)n3)c2)C1. The number of anilines is 2.